The van der Waals surface area contributed by atoms with E-state index in [1.165, 1.54) is 0 Å². The molecule has 0 aliphatic heterocycles. The van der Waals surface area contributed by atoms with Gasteiger partial charge in [0, 0.05) is 13.0 Å². The van der Waals surface area contributed by atoms with Crippen LogP contribution in [0.3, 0.4) is 0 Å². The average Bonchev–Trinajstić information content (AvgIpc) is 3.73. The van der Waals surface area contributed by atoms with Gasteiger partial charge in [-0.25, -0.2) is 19.3 Å². The van der Waals surface area contributed by atoms with Crippen molar-refractivity contribution in [3.05, 3.63) is 59.4 Å². The smallest absolute Gasteiger partial charge is 0.408 e. The van der Waals surface area contributed by atoms with E-state index >= 15 is 0 Å². The maximum atomic E-state index is 12.5. The van der Waals surface area contributed by atoms with E-state index in [0.717, 1.165) is 56.2 Å². The number of hydrogen-bond acceptors (Lipinski definition) is 8. The van der Waals surface area contributed by atoms with Crippen molar-refractivity contribution in [2.45, 2.75) is 70.4 Å². The second-order valence-electron chi connectivity index (χ2n) is 9.99. The maximum Gasteiger partial charge on any atom is 0.408 e. The lowest BCUT2D eigenvalue weighted by Gasteiger charge is -2.19. The number of hydrogen-bond donors (Lipinski definition) is 1. The molecule has 1 atom stereocenters. The van der Waals surface area contributed by atoms with Gasteiger partial charge >= 0.3 is 12.1 Å². The molecule has 0 bridgehead atoms. The first-order chi connectivity index (χ1) is 18.5. The molecule has 3 aromatic rings. The SMILES string of the molecule is C[C@@H](OC(=O)NCc1c(-c2ccc(OOC(=O)C3CCCCC3)c(C3CC3)n2)nnn1C)c1ccccc1. The highest BCUT2D eigenvalue weighted by molar-refractivity contribution is 5.72. The summed E-state index contributed by atoms with van der Waals surface area (Å²) < 4.78 is 7.11. The van der Waals surface area contributed by atoms with Crippen LogP contribution in [0.1, 0.15) is 80.8 Å². The third-order valence-electron chi connectivity index (χ3n) is 7.14. The minimum atomic E-state index is -0.538. The van der Waals surface area contributed by atoms with Crippen LogP contribution >= 0.6 is 0 Å². The van der Waals surface area contributed by atoms with Crippen LogP contribution in [0.4, 0.5) is 4.79 Å². The summed E-state index contributed by atoms with van der Waals surface area (Å²) in [6.07, 6.45) is 5.99. The van der Waals surface area contributed by atoms with Crippen molar-refractivity contribution in [3.63, 3.8) is 0 Å². The summed E-state index contributed by atoms with van der Waals surface area (Å²) in [7, 11) is 1.76. The van der Waals surface area contributed by atoms with E-state index in [1.807, 2.05) is 37.3 Å². The minimum Gasteiger partial charge on any atom is -0.442 e. The quantitative estimate of drug-likeness (QED) is 0.304. The fraction of sp³-hybridized carbons (Fsp3) is 0.464. The van der Waals surface area contributed by atoms with Crippen molar-refractivity contribution in [3.8, 4) is 17.1 Å². The second kappa shape index (κ2) is 11.6. The zero-order valence-electron chi connectivity index (χ0n) is 21.8. The van der Waals surface area contributed by atoms with Gasteiger partial charge in [0.05, 0.1) is 29.5 Å². The molecule has 0 saturated heterocycles. The molecule has 2 fully saturated rings. The number of amides is 1. The predicted octanol–water partition coefficient (Wildman–Crippen LogP) is 5.16. The Labute approximate surface area is 221 Å². The average molecular weight is 520 g/mol. The summed E-state index contributed by atoms with van der Waals surface area (Å²) in [4.78, 5) is 40.4. The van der Waals surface area contributed by atoms with Crippen molar-refractivity contribution in [1.82, 2.24) is 25.3 Å². The number of aromatic nitrogens is 4. The van der Waals surface area contributed by atoms with Crippen LogP contribution in [-0.2, 0) is 28.0 Å². The lowest BCUT2D eigenvalue weighted by atomic mass is 9.89. The molecule has 0 unspecified atom stereocenters. The molecule has 0 spiro atoms. The molecule has 1 amide bonds. The van der Waals surface area contributed by atoms with Gasteiger partial charge in [0.15, 0.2) is 0 Å². The van der Waals surface area contributed by atoms with Crippen molar-refractivity contribution < 1.29 is 24.1 Å². The van der Waals surface area contributed by atoms with Gasteiger partial charge in [-0.15, -0.1) is 5.10 Å². The van der Waals surface area contributed by atoms with Crippen LogP contribution in [0.25, 0.3) is 11.4 Å². The van der Waals surface area contributed by atoms with Gasteiger partial charge in [-0.2, -0.15) is 0 Å². The van der Waals surface area contributed by atoms with E-state index < -0.39 is 6.09 Å². The van der Waals surface area contributed by atoms with Crippen LogP contribution in [-0.4, -0.2) is 32.0 Å². The second-order valence-corrected chi connectivity index (χ2v) is 9.99. The topological polar surface area (TPSA) is 117 Å². The van der Waals surface area contributed by atoms with Crippen molar-refractivity contribution in [2.24, 2.45) is 13.0 Å². The van der Waals surface area contributed by atoms with E-state index in [1.54, 1.807) is 23.9 Å². The van der Waals surface area contributed by atoms with E-state index in [0.29, 0.717) is 22.8 Å². The van der Waals surface area contributed by atoms with Crippen LogP contribution in [0.15, 0.2) is 42.5 Å². The zero-order chi connectivity index (χ0) is 26.5. The van der Waals surface area contributed by atoms with Gasteiger partial charge in [0.1, 0.15) is 11.8 Å². The van der Waals surface area contributed by atoms with Gasteiger partial charge in [-0.05, 0) is 50.3 Å². The highest BCUT2D eigenvalue weighted by Crippen LogP contribution is 2.44. The zero-order valence-corrected chi connectivity index (χ0v) is 21.8. The Kier molecular flexibility index (Phi) is 7.86. The van der Waals surface area contributed by atoms with Crippen LogP contribution in [0, 0.1) is 5.92 Å². The van der Waals surface area contributed by atoms with Crippen molar-refractivity contribution in [1.29, 1.82) is 0 Å². The molecule has 2 aliphatic rings. The first-order valence-corrected chi connectivity index (χ1v) is 13.3. The first kappa shape index (κ1) is 25.7. The Morgan fingerprint density at radius 2 is 1.82 bits per heavy atom. The monoisotopic (exact) mass is 519 g/mol. The molecule has 1 N–H and O–H groups in total. The molecule has 2 saturated carbocycles. The maximum absolute atomic E-state index is 12.5. The van der Waals surface area contributed by atoms with Gasteiger partial charge in [-0.1, -0.05) is 54.8 Å². The molecule has 1 aromatic carbocycles. The highest BCUT2D eigenvalue weighted by Gasteiger charge is 2.31. The van der Waals surface area contributed by atoms with Gasteiger partial charge < -0.3 is 10.1 Å². The molecule has 10 nitrogen and oxygen atoms in total. The predicted molar refractivity (Wildman–Crippen MR) is 138 cm³/mol. The van der Waals surface area contributed by atoms with E-state index in [2.05, 4.69) is 15.6 Å². The van der Waals surface area contributed by atoms with E-state index in [4.69, 9.17) is 19.5 Å². The fourth-order valence-corrected chi connectivity index (χ4v) is 4.73. The van der Waals surface area contributed by atoms with E-state index in [9.17, 15) is 9.59 Å². The Morgan fingerprint density at radius 3 is 2.55 bits per heavy atom. The third kappa shape index (κ3) is 6.12. The largest absolute Gasteiger partial charge is 0.442 e. The Morgan fingerprint density at radius 1 is 1.05 bits per heavy atom. The van der Waals surface area contributed by atoms with Crippen LogP contribution < -0.4 is 10.2 Å². The summed E-state index contributed by atoms with van der Waals surface area (Å²) in [5.74, 6) is 0.275. The number of nitrogens with one attached hydrogen (secondary N) is 1. The summed E-state index contributed by atoms with van der Waals surface area (Å²) in [6, 6.07) is 13.1. The first-order valence-electron chi connectivity index (χ1n) is 13.3. The van der Waals surface area contributed by atoms with Gasteiger partial charge in [0.2, 0.25) is 5.75 Å². The number of ether oxygens (including phenoxy) is 1. The molecular weight excluding hydrogens is 486 g/mol. The standard InChI is InChI=1S/C28H33N5O5/c1-18(19-9-5-3-6-10-19)36-28(35)29-17-23-26(31-32-33(23)2)22-15-16-24(25(30-22)20-13-14-20)37-38-27(34)21-11-7-4-8-12-21/h3,5-6,9-10,15-16,18,20-21H,4,7-8,11-14,17H2,1-2H3,(H,29,35)/t18-/m1/s1. The number of nitrogens with zero attached hydrogens (tertiary/aromatic N) is 4. The third-order valence-corrected chi connectivity index (χ3v) is 7.14. The highest BCUT2D eigenvalue weighted by atomic mass is 17.2. The fourth-order valence-electron chi connectivity index (χ4n) is 4.73. The molecule has 5 rings (SSSR count). The van der Waals surface area contributed by atoms with E-state index in [-0.39, 0.29) is 30.5 Å². The Bertz CT molecular complexity index is 1270. The van der Waals surface area contributed by atoms with Crippen LogP contribution in [0.2, 0.25) is 0 Å². The van der Waals surface area contributed by atoms with Crippen LogP contribution in [0.5, 0.6) is 5.75 Å². The number of aryl methyl sites for hydroxylation is 1. The molecule has 2 aliphatic carbocycles. The lowest BCUT2D eigenvalue weighted by Crippen LogP contribution is -2.26. The number of benzene rings is 1. The molecule has 2 aromatic heterocycles. The number of carbonyl (C=O) groups is 2. The lowest BCUT2D eigenvalue weighted by molar-refractivity contribution is -0.220. The summed E-state index contributed by atoms with van der Waals surface area (Å²) in [5, 5.41) is 11.2. The molecule has 2 heterocycles. The number of alkyl carbamates (subject to hydrolysis) is 1. The molecular formula is C28H33N5O5. The normalized spacial score (nSPS) is 16.5. The van der Waals surface area contributed by atoms with Crippen molar-refractivity contribution in [2.75, 3.05) is 0 Å². The number of carbonyl (C=O) groups excluding carboxylic acids is 2. The molecule has 0 radical (unpaired) electrons. The molecule has 38 heavy (non-hydrogen) atoms. The Hall–Kier alpha value is -3.95. The van der Waals surface area contributed by atoms with Gasteiger partial charge in [-0.3, -0.25) is 9.78 Å². The molecule has 200 valence electrons. The molecule has 10 heteroatoms. The van der Waals surface area contributed by atoms with Crippen molar-refractivity contribution >= 4 is 12.1 Å². The number of pyridine rings is 1. The summed E-state index contributed by atoms with van der Waals surface area (Å²) in [5.41, 5.74) is 3.49. The summed E-state index contributed by atoms with van der Waals surface area (Å²) in [6.45, 7) is 1.99. The minimum absolute atomic E-state index is 0.0996. The van der Waals surface area contributed by atoms with Gasteiger partial charge in [0.25, 0.3) is 0 Å². The number of rotatable bonds is 9. The summed E-state index contributed by atoms with van der Waals surface area (Å²) >= 11 is 0. The Balaban J connectivity index is 1.25.